The van der Waals surface area contributed by atoms with E-state index >= 15 is 0 Å². The molecule has 1 fully saturated rings. The van der Waals surface area contributed by atoms with Gasteiger partial charge in [0.05, 0.1) is 11.5 Å². The second-order valence-corrected chi connectivity index (χ2v) is 4.68. The van der Waals surface area contributed by atoms with Crippen molar-refractivity contribution >= 4 is 15.9 Å². The number of hydrogen-bond donors (Lipinski definition) is 0. The molecule has 0 aliphatic heterocycles. The molecule has 1 aliphatic carbocycles. The van der Waals surface area contributed by atoms with Crippen molar-refractivity contribution in [3.05, 3.63) is 28.0 Å². The van der Waals surface area contributed by atoms with Crippen molar-refractivity contribution in [2.75, 3.05) is 0 Å². The lowest BCUT2D eigenvalue weighted by Gasteiger charge is -2.35. The van der Waals surface area contributed by atoms with E-state index in [1.54, 1.807) is 0 Å². The first-order chi connectivity index (χ1) is 6.66. The Morgan fingerprint density at radius 2 is 2.21 bits per heavy atom. The van der Waals surface area contributed by atoms with Gasteiger partial charge in [-0.25, -0.2) is 4.98 Å². The van der Waals surface area contributed by atoms with Crippen LogP contribution in [-0.4, -0.2) is 4.98 Å². The minimum atomic E-state index is -0.226. The van der Waals surface area contributed by atoms with E-state index in [9.17, 15) is 5.26 Å². The molecule has 0 atom stereocenters. The molecule has 0 unspecified atom stereocenters. The van der Waals surface area contributed by atoms with E-state index in [4.69, 9.17) is 0 Å². The molecule has 1 saturated carbocycles. The zero-order valence-electron chi connectivity index (χ0n) is 8.05. The van der Waals surface area contributed by atoms with Crippen molar-refractivity contribution in [3.8, 4) is 6.07 Å². The summed E-state index contributed by atoms with van der Waals surface area (Å²) in [6.07, 6.45) is 3.13. The summed E-state index contributed by atoms with van der Waals surface area (Å²) in [7, 11) is 0. The van der Waals surface area contributed by atoms with Crippen LogP contribution >= 0.6 is 15.9 Å². The monoisotopic (exact) mass is 250 g/mol. The molecule has 2 nitrogen and oxygen atoms in total. The fourth-order valence-electron chi connectivity index (χ4n) is 1.90. The van der Waals surface area contributed by atoms with Gasteiger partial charge in [-0.2, -0.15) is 5.26 Å². The van der Waals surface area contributed by atoms with Crippen molar-refractivity contribution < 1.29 is 0 Å². The summed E-state index contributed by atoms with van der Waals surface area (Å²) >= 11 is 3.37. The van der Waals surface area contributed by atoms with E-state index in [2.05, 4.69) is 27.0 Å². The van der Waals surface area contributed by atoms with E-state index in [1.807, 2.05) is 19.1 Å². The average Bonchev–Trinajstić information content (AvgIpc) is 2.01. The van der Waals surface area contributed by atoms with Crippen LogP contribution in [0.25, 0.3) is 0 Å². The third kappa shape index (κ3) is 1.44. The Balaban J connectivity index is 2.46. The van der Waals surface area contributed by atoms with Crippen LogP contribution < -0.4 is 0 Å². The summed E-state index contributed by atoms with van der Waals surface area (Å²) in [5, 5.41) is 9.19. The fraction of sp³-hybridized carbons (Fsp3) is 0.455. The topological polar surface area (TPSA) is 36.7 Å². The minimum absolute atomic E-state index is 0.226. The predicted octanol–water partition coefficient (Wildman–Crippen LogP) is 3.10. The third-order valence-electron chi connectivity index (χ3n) is 2.90. The van der Waals surface area contributed by atoms with Gasteiger partial charge in [-0.05, 0) is 59.8 Å². The van der Waals surface area contributed by atoms with Crippen LogP contribution in [0.1, 0.15) is 30.5 Å². The summed E-state index contributed by atoms with van der Waals surface area (Å²) in [6.45, 7) is 1.96. The number of pyridine rings is 1. The molecular formula is C11H11BrN2. The molecule has 1 aromatic rings. The lowest BCUT2D eigenvalue weighted by atomic mass is 9.66. The second-order valence-electron chi connectivity index (χ2n) is 3.87. The highest BCUT2D eigenvalue weighted by Crippen LogP contribution is 2.43. The first-order valence-corrected chi connectivity index (χ1v) is 5.51. The van der Waals surface area contributed by atoms with Crippen molar-refractivity contribution in [1.29, 1.82) is 5.26 Å². The van der Waals surface area contributed by atoms with Gasteiger partial charge in [-0.1, -0.05) is 0 Å². The number of nitrogens with zero attached hydrogens (tertiary/aromatic N) is 2. The highest BCUT2D eigenvalue weighted by Gasteiger charge is 2.39. The van der Waals surface area contributed by atoms with Crippen molar-refractivity contribution in [1.82, 2.24) is 4.98 Å². The van der Waals surface area contributed by atoms with Crippen LogP contribution in [0.4, 0.5) is 0 Å². The van der Waals surface area contributed by atoms with Crippen molar-refractivity contribution in [2.24, 2.45) is 0 Å². The maximum Gasteiger partial charge on any atom is 0.106 e. The molecule has 2 rings (SSSR count). The molecule has 0 N–H and O–H groups in total. The van der Waals surface area contributed by atoms with E-state index in [1.165, 1.54) is 0 Å². The number of rotatable bonds is 1. The van der Waals surface area contributed by atoms with Crippen molar-refractivity contribution in [2.45, 2.75) is 31.6 Å². The number of halogens is 1. The predicted molar refractivity (Wildman–Crippen MR) is 57.8 cm³/mol. The molecule has 1 aliphatic rings. The van der Waals surface area contributed by atoms with Gasteiger partial charge < -0.3 is 0 Å². The standard InChI is InChI=1S/C11H11BrN2/c1-8-5-9(6-10(12)14-8)11(7-13)3-2-4-11/h5-6H,2-4H2,1H3. The third-order valence-corrected chi connectivity index (χ3v) is 3.30. The molecule has 72 valence electrons. The van der Waals surface area contributed by atoms with Gasteiger partial charge in [0.2, 0.25) is 0 Å². The summed E-state index contributed by atoms with van der Waals surface area (Å²) in [4.78, 5) is 4.25. The van der Waals surface area contributed by atoms with E-state index in [0.29, 0.717) is 0 Å². The normalized spacial score (nSPS) is 18.4. The Morgan fingerprint density at radius 3 is 2.64 bits per heavy atom. The van der Waals surface area contributed by atoms with E-state index in [-0.39, 0.29) is 5.41 Å². The second kappa shape index (κ2) is 3.36. The van der Waals surface area contributed by atoms with Gasteiger partial charge in [0.15, 0.2) is 0 Å². The lowest BCUT2D eigenvalue weighted by Crippen LogP contribution is -2.32. The maximum absolute atomic E-state index is 9.19. The fourth-order valence-corrected chi connectivity index (χ4v) is 2.43. The molecule has 0 aromatic carbocycles. The van der Waals surface area contributed by atoms with Crippen LogP contribution in [0.3, 0.4) is 0 Å². The molecule has 0 amide bonds. The van der Waals surface area contributed by atoms with Gasteiger partial charge >= 0.3 is 0 Å². The zero-order chi connectivity index (χ0) is 10.2. The molecule has 0 bridgehead atoms. The first-order valence-electron chi connectivity index (χ1n) is 4.72. The van der Waals surface area contributed by atoms with Gasteiger partial charge in [-0.15, -0.1) is 0 Å². The van der Waals surface area contributed by atoms with Crippen LogP contribution in [0.2, 0.25) is 0 Å². The van der Waals surface area contributed by atoms with Gasteiger partial charge in [0.25, 0.3) is 0 Å². The number of nitriles is 1. The smallest absolute Gasteiger partial charge is 0.106 e. The molecule has 1 aromatic heterocycles. The summed E-state index contributed by atoms with van der Waals surface area (Å²) in [6, 6.07) is 6.43. The van der Waals surface area contributed by atoms with Crippen LogP contribution in [0.5, 0.6) is 0 Å². The van der Waals surface area contributed by atoms with Gasteiger partial charge in [0, 0.05) is 5.69 Å². The SMILES string of the molecule is Cc1cc(C2(C#N)CCC2)cc(Br)n1. The largest absolute Gasteiger partial charge is 0.246 e. The van der Waals surface area contributed by atoms with Crippen molar-refractivity contribution in [3.63, 3.8) is 0 Å². The molecule has 1 heterocycles. The van der Waals surface area contributed by atoms with Gasteiger partial charge in [0.1, 0.15) is 4.60 Å². The Labute approximate surface area is 92.1 Å². The minimum Gasteiger partial charge on any atom is -0.246 e. The number of aromatic nitrogens is 1. The molecule has 3 heteroatoms. The summed E-state index contributed by atoms with van der Waals surface area (Å²) in [5.74, 6) is 0. The highest BCUT2D eigenvalue weighted by atomic mass is 79.9. The average molecular weight is 251 g/mol. The molecule has 0 saturated heterocycles. The van der Waals surface area contributed by atoms with Crippen LogP contribution in [-0.2, 0) is 5.41 Å². The quantitative estimate of drug-likeness (QED) is 0.719. The van der Waals surface area contributed by atoms with Crippen LogP contribution in [0.15, 0.2) is 16.7 Å². The maximum atomic E-state index is 9.19. The molecule has 14 heavy (non-hydrogen) atoms. The molecule has 0 spiro atoms. The molecular weight excluding hydrogens is 240 g/mol. The zero-order valence-corrected chi connectivity index (χ0v) is 9.63. The highest BCUT2D eigenvalue weighted by molar-refractivity contribution is 9.10. The Bertz CT molecular complexity index is 382. The Kier molecular flexibility index (Phi) is 2.32. The Hall–Kier alpha value is -0.880. The summed E-state index contributed by atoms with van der Waals surface area (Å²) < 4.78 is 0.828. The first kappa shape index (κ1) is 9.67. The molecule has 0 radical (unpaired) electrons. The summed E-state index contributed by atoms with van der Waals surface area (Å²) in [5.41, 5.74) is 1.86. The number of aryl methyl sites for hydroxylation is 1. The van der Waals surface area contributed by atoms with Gasteiger partial charge in [-0.3, -0.25) is 0 Å². The number of hydrogen-bond acceptors (Lipinski definition) is 2. The van der Waals surface area contributed by atoms with Crippen LogP contribution in [0, 0.1) is 18.3 Å². The van der Waals surface area contributed by atoms with E-state index < -0.39 is 0 Å². The van der Waals surface area contributed by atoms with E-state index in [0.717, 1.165) is 35.1 Å². The lowest BCUT2D eigenvalue weighted by molar-refractivity contribution is 0.323. The Morgan fingerprint density at radius 1 is 1.50 bits per heavy atom.